The van der Waals surface area contributed by atoms with Gasteiger partial charge in [-0.05, 0) is 55.8 Å². The molecule has 1 aromatic rings. The maximum Gasteiger partial charge on any atom is 0.119 e. The van der Waals surface area contributed by atoms with Gasteiger partial charge in [0, 0.05) is 24.2 Å². The molecular formula is C15H21N3S. The molecule has 4 heteroatoms. The molecule has 4 aliphatic carbocycles. The normalized spacial score (nSPS) is 39.7. The average Bonchev–Trinajstić information content (AvgIpc) is 2.42. The van der Waals surface area contributed by atoms with Crippen LogP contribution in [0, 0.1) is 23.7 Å². The van der Waals surface area contributed by atoms with Crippen LogP contribution in [0.4, 0.5) is 0 Å². The third-order valence-electron chi connectivity index (χ3n) is 5.32. The van der Waals surface area contributed by atoms with Crippen molar-refractivity contribution in [2.24, 2.45) is 29.4 Å². The number of nitrogens with zero attached hydrogens (tertiary/aromatic N) is 2. The lowest BCUT2D eigenvalue weighted by Crippen LogP contribution is -2.46. The summed E-state index contributed by atoms with van der Waals surface area (Å²) in [6, 6.07) is 0. The fraction of sp³-hybridized carbons (Fsp3) is 0.733. The molecule has 0 atom stereocenters. The van der Waals surface area contributed by atoms with E-state index in [-0.39, 0.29) is 0 Å². The summed E-state index contributed by atoms with van der Waals surface area (Å²) in [6.07, 6.45) is 10.9. The van der Waals surface area contributed by atoms with E-state index in [0.29, 0.717) is 6.54 Å². The number of hydrogen-bond acceptors (Lipinski definition) is 4. The Bertz CT molecular complexity index is 448. The first-order chi connectivity index (χ1) is 9.33. The van der Waals surface area contributed by atoms with Gasteiger partial charge in [-0.2, -0.15) is 0 Å². The van der Waals surface area contributed by atoms with Crippen molar-refractivity contribution < 1.29 is 0 Å². The van der Waals surface area contributed by atoms with Crippen LogP contribution in [0.15, 0.2) is 17.4 Å². The molecule has 0 saturated heterocycles. The summed E-state index contributed by atoms with van der Waals surface area (Å²) in [4.78, 5) is 8.89. The molecule has 0 radical (unpaired) electrons. The predicted octanol–water partition coefficient (Wildman–Crippen LogP) is 2.85. The van der Waals surface area contributed by atoms with Crippen molar-refractivity contribution in [3.63, 3.8) is 0 Å². The predicted molar refractivity (Wildman–Crippen MR) is 76.6 cm³/mol. The van der Waals surface area contributed by atoms with E-state index < -0.39 is 0 Å². The third-order valence-corrected chi connectivity index (χ3v) is 6.92. The van der Waals surface area contributed by atoms with E-state index in [4.69, 9.17) is 5.73 Å². The van der Waals surface area contributed by atoms with Crippen molar-refractivity contribution in [2.45, 2.75) is 48.9 Å². The molecule has 1 aromatic heterocycles. The van der Waals surface area contributed by atoms with Crippen LogP contribution >= 0.6 is 11.8 Å². The molecule has 3 nitrogen and oxygen atoms in total. The van der Waals surface area contributed by atoms with Crippen LogP contribution in [-0.2, 0) is 6.54 Å². The number of nitrogens with two attached hydrogens (primary N) is 1. The maximum absolute atomic E-state index is 5.78. The molecule has 4 bridgehead atoms. The molecule has 1 heterocycles. The second kappa shape index (κ2) is 4.74. The Morgan fingerprint density at radius 2 is 1.63 bits per heavy atom. The second-order valence-electron chi connectivity index (χ2n) is 6.53. The molecular weight excluding hydrogens is 254 g/mol. The molecule has 4 saturated carbocycles. The Hall–Kier alpha value is -0.610. The van der Waals surface area contributed by atoms with Gasteiger partial charge in [-0.1, -0.05) is 0 Å². The van der Waals surface area contributed by atoms with E-state index in [9.17, 15) is 0 Å². The van der Waals surface area contributed by atoms with E-state index in [2.05, 4.69) is 9.97 Å². The third kappa shape index (κ3) is 2.09. The minimum Gasteiger partial charge on any atom is -0.325 e. The summed E-state index contributed by atoms with van der Waals surface area (Å²) in [5.74, 6) is 3.92. The van der Waals surface area contributed by atoms with Gasteiger partial charge >= 0.3 is 0 Å². The first kappa shape index (κ1) is 12.2. The van der Waals surface area contributed by atoms with Crippen molar-refractivity contribution in [1.29, 1.82) is 0 Å². The zero-order valence-electron chi connectivity index (χ0n) is 11.2. The maximum atomic E-state index is 5.78. The molecule has 19 heavy (non-hydrogen) atoms. The largest absolute Gasteiger partial charge is 0.325 e. The van der Waals surface area contributed by atoms with Gasteiger partial charge in [-0.25, -0.2) is 4.98 Å². The van der Waals surface area contributed by atoms with Gasteiger partial charge in [0.1, 0.15) is 5.03 Å². The van der Waals surface area contributed by atoms with Crippen LogP contribution in [0.5, 0.6) is 0 Å². The Kier molecular flexibility index (Phi) is 3.03. The molecule has 0 amide bonds. The fourth-order valence-electron chi connectivity index (χ4n) is 4.79. The Balaban J connectivity index is 1.57. The molecule has 0 unspecified atom stereocenters. The smallest absolute Gasteiger partial charge is 0.119 e. The molecule has 0 spiro atoms. The molecule has 5 rings (SSSR count). The summed E-state index contributed by atoms with van der Waals surface area (Å²) in [5.41, 5.74) is 6.76. The highest BCUT2D eigenvalue weighted by atomic mass is 32.2. The lowest BCUT2D eigenvalue weighted by Gasteiger charge is -2.54. The van der Waals surface area contributed by atoms with Crippen LogP contribution in [0.25, 0.3) is 0 Å². The number of rotatable bonds is 3. The zero-order chi connectivity index (χ0) is 12.8. The summed E-state index contributed by atoms with van der Waals surface area (Å²) in [6.45, 7) is 0.503. The summed E-state index contributed by atoms with van der Waals surface area (Å²) >= 11 is 1.98. The van der Waals surface area contributed by atoms with E-state index in [1.165, 1.54) is 32.1 Å². The molecule has 0 aromatic carbocycles. The second-order valence-corrected chi connectivity index (χ2v) is 7.69. The molecule has 4 fully saturated rings. The highest BCUT2D eigenvalue weighted by Gasteiger charge is 2.48. The number of aromatic nitrogens is 2. The Morgan fingerprint density at radius 3 is 2.26 bits per heavy atom. The lowest BCUT2D eigenvalue weighted by molar-refractivity contribution is 0.0266. The summed E-state index contributed by atoms with van der Waals surface area (Å²) in [7, 11) is 0. The number of thioether (sulfide) groups is 1. The highest BCUT2D eigenvalue weighted by Crippen LogP contribution is 2.57. The highest BCUT2D eigenvalue weighted by molar-refractivity contribution is 7.99. The molecule has 2 N–H and O–H groups in total. The first-order valence-electron chi connectivity index (χ1n) is 7.50. The zero-order valence-corrected chi connectivity index (χ0v) is 12.0. The van der Waals surface area contributed by atoms with Crippen molar-refractivity contribution in [3.05, 3.63) is 18.1 Å². The topological polar surface area (TPSA) is 51.8 Å². The standard InChI is InChI=1S/C15H21N3S/c16-8-13-15(18-2-1-17-13)19-14-11-4-9-3-10(6-11)7-12(14)5-9/h1-2,9-12,14H,3-8,16H2. The Morgan fingerprint density at radius 1 is 1.00 bits per heavy atom. The van der Waals surface area contributed by atoms with Crippen molar-refractivity contribution >= 4 is 11.8 Å². The van der Waals surface area contributed by atoms with Crippen LogP contribution in [0.3, 0.4) is 0 Å². The SMILES string of the molecule is NCc1nccnc1SC1C2CC3CC(C2)CC1C3. The van der Waals surface area contributed by atoms with Gasteiger partial charge < -0.3 is 5.73 Å². The average molecular weight is 275 g/mol. The van der Waals surface area contributed by atoms with Crippen molar-refractivity contribution in [1.82, 2.24) is 9.97 Å². The lowest BCUT2D eigenvalue weighted by atomic mass is 9.56. The van der Waals surface area contributed by atoms with Crippen LogP contribution in [0.2, 0.25) is 0 Å². The minimum atomic E-state index is 0.503. The van der Waals surface area contributed by atoms with E-state index in [0.717, 1.165) is 39.6 Å². The summed E-state index contributed by atoms with van der Waals surface area (Å²) in [5, 5.41) is 1.86. The Labute approximate surface area is 118 Å². The van der Waals surface area contributed by atoms with Crippen LogP contribution in [-0.4, -0.2) is 15.2 Å². The van der Waals surface area contributed by atoms with Gasteiger partial charge in [0.2, 0.25) is 0 Å². The molecule has 102 valence electrons. The fourth-order valence-corrected chi connectivity index (χ4v) is 6.27. The van der Waals surface area contributed by atoms with E-state index in [1.807, 2.05) is 11.8 Å². The minimum absolute atomic E-state index is 0.503. The van der Waals surface area contributed by atoms with Crippen molar-refractivity contribution in [2.75, 3.05) is 0 Å². The van der Waals surface area contributed by atoms with Gasteiger partial charge in [0.25, 0.3) is 0 Å². The quantitative estimate of drug-likeness (QED) is 0.921. The van der Waals surface area contributed by atoms with Gasteiger partial charge in [-0.15, -0.1) is 11.8 Å². The van der Waals surface area contributed by atoms with Crippen LogP contribution in [0.1, 0.15) is 37.8 Å². The van der Waals surface area contributed by atoms with Crippen molar-refractivity contribution in [3.8, 4) is 0 Å². The van der Waals surface area contributed by atoms with Crippen LogP contribution < -0.4 is 5.73 Å². The van der Waals surface area contributed by atoms with E-state index >= 15 is 0 Å². The molecule has 0 aliphatic heterocycles. The first-order valence-corrected chi connectivity index (χ1v) is 8.38. The number of hydrogen-bond donors (Lipinski definition) is 1. The van der Waals surface area contributed by atoms with Gasteiger partial charge in [-0.3, -0.25) is 4.98 Å². The molecule has 4 aliphatic rings. The monoisotopic (exact) mass is 275 g/mol. The van der Waals surface area contributed by atoms with Gasteiger partial charge in [0.15, 0.2) is 0 Å². The van der Waals surface area contributed by atoms with E-state index in [1.54, 1.807) is 12.4 Å². The van der Waals surface area contributed by atoms with Gasteiger partial charge in [0.05, 0.1) is 5.69 Å². The summed E-state index contributed by atoms with van der Waals surface area (Å²) < 4.78 is 0.